The van der Waals surface area contributed by atoms with Gasteiger partial charge >= 0.3 is 0 Å². The molecule has 2 aliphatic rings. The number of carbonyl (C=O) groups is 1. The van der Waals surface area contributed by atoms with Crippen molar-refractivity contribution in [3.63, 3.8) is 0 Å². The van der Waals surface area contributed by atoms with Crippen LogP contribution in [0, 0.1) is 5.41 Å². The van der Waals surface area contributed by atoms with Gasteiger partial charge in [-0.3, -0.25) is 14.4 Å². The van der Waals surface area contributed by atoms with Crippen molar-refractivity contribution in [2.75, 3.05) is 37.7 Å². The maximum atomic E-state index is 12.4. The summed E-state index contributed by atoms with van der Waals surface area (Å²) in [5.74, 6) is 2.00. The van der Waals surface area contributed by atoms with Gasteiger partial charge in [-0.2, -0.15) is 16.9 Å². The van der Waals surface area contributed by atoms with Crippen LogP contribution in [0.5, 0.6) is 0 Å². The van der Waals surface area contributed by atoms with Crippen molar-refractivity contribution >= 4 is 17.7 Å². The summed E-state index contributed by atoms with van der Waals surface area (Å²) < 4.78 is 1.97. The Kier molecular flexibility index (Phi) is 5.87. The summed E-state index contributed by atoms with van der Waals surface area (Å²) in [5, 5.41) is 4.28. The van der Waals surface area contributed by atoms with E-state index in [9.17, 15) is 4.79 Å². The Balaban J connectivity index is 1.61. The summed E-state index contributed by atoms with van der Waals surface area (Å²) >= 11 is 1.74. The molecular formula is C18H30N4OS. The number of hydrogen-bond acceptors (Lipinski definition) is 4. The van der Waals surface area contributed by atoms with Gasteiger partial charge in [-0.25, -0.2) is 0 Å². The molecule has 2 saturated heterocycles. The number of piperidine rings is 2. The quantitative estimate of drug-likeness (QED) is 0.818. The van der Waals surface area contributed by atoms with Gasteiger partial charge in [0.25, 0.3) is 0 Å². The molecule has 0 aromatic carbocycles. The Morgan fingerprint density at radius 3 is 2.79 bits per heavy atom. The van der Waals surface area contributed by atoms with Crippen molar-refractivity contribution in [3.05, 3.63) is 18.0 Å². The van der Waals surface area contributed by atoms with Crippen molar-refractivity contribution in [1.82, 2.24) is 19.6 Å². The van der Waals surface area contributed by atoms with Crippen molar-refractivity contribution in [1.29, 1.82) is 0 Å². The Bertz CT molecular complexity index is 557. The monoisotopic (exact) mass is 350 g/mol. The normalized spacial score (nSPS) is 25.3. The Labute approximate surface area is 149 Å². The highest BCUT2D eigenvalue weighted by molar-refractivity contribution is 7.99. The van der Waals surface area contributed by atoms with E-state index in [0.29, 0.717) is 17.1 Å². The van der Waals surface area contributed by atoms with E-state index in [-0.39, 0.29) is 0 Å². The van der Waals surface area contributed by atoms with Crippen LogP contribution in [-0.2, 0) is 18.4 Å². The van der Waals surface area contributed by atoms with Crippen LogP contribution in [0.3, 0.4) is 0 Å². The molecule has 1 unspecified atom stereocenters. The number of amides is 1. The molecule has 1 aromatic rings. The van der Waals surface area contributed by atoms with E-state index in [1.165, 1.54) is 25.0 Å². The second kappa shape index (κ2) is 7.91. The van der Waals surface area contributed by atoms with E-state index < -0.39 is 0 Å². The first-order valence-corrected chi connectivity index (χ1v) is 10.3. The lowest BCUT2D eigenvalue weighted by Crippen LogP contribution is -2.53. The summed E-state index contributed by atoms with van der Waals surface area (Å²) in [5.41, 5.74) is 1.58. The molecule has 24 heavy (non-hydrogen) atoms. The van der Waals surface area contributed by atoms with Crippen LogP contribution < -0.4 is 0 Å². The molecule has 1 spiro atoms. The second-order valence-electron chi connectivity index (χ2n) is 7.32. The van der Waals surface area contributed by atoms with Crippen molar-refractivity contribution in [3.8, 4) is 0 Å². The molecule has 1 amide bonds. The summed E-state index contributed by atoms with van der Waals surface area (Å²) in [7, 11) is 2.02. The van der Waals surface area contributed by atoms with Crippen molar-refractivity contribution in [2.45, 2.75) is 39.2 Å². The van der Waals surface area contributed by atoms with E-state index in [0.717, 1.165) is 44.9 Å². The predicted molar refractivity (Wildman–Crippen MR) is 99.0 cm³/mol. The van der Waals surface area contributed by atoms with Gasteiger partial charge < -0.3 is 4.90 Å². The standard InChI is InChI=1S/C18H30N4OS/c1-3-24-13-17(23)22-11-5-8-18(15-22)7-4-10-21(14-18)12-16-6-9-19-20(16)2/h6,9H,3-5,7-8,10-15H2,1-2H3. The molecule has 2 aliphatic heterocycles. The number of aryl methyl sites for hydroxylation is 1. The molecule has 2 fully saturated rings. The smallest absolute Gasteiger partial charge is 0.232 e. The average Bonchev–Trinajstić information content (AvgIpc) is 2.97. The number of aromatic nitrogens is 2. The summed E-state index contributed by atoms with van der Waals surface area (Å²) in [4.78, 5) is 17.1. The lowest BCUT2D eigenvalue weighted by atomic mass is 9.73. The molecule has 1 aromatic heterocycles. The SMILES string of the molecule is CCSCC(=O)N1CCCC2(CCCN(Cc3ccnn3C)C2)C1. The molecule has 134 valence electrons. The summed E-state index contributed by atoms with van der Waals surface area (Å²) in [6, 6.07) is 2.11. The van der Waals surface area contributed by atoms with Gasteiger partial charge in [0.1, 0.15) is 0 Å². The van der Waals surface area contributed by atoms with Gasteiger partial charge in [-0.05, 0) is 44.0 Å². The zero-order valence-electron chi connectivity index (χ0n) is 15.0. The van der Waals surface area contributed by atoms with Crippen LogP contribution in [0.2, 0.25) is 0 Å². The first-order chi connectivity index (χ1) is 11.6. The van der Waals surface area contributed by atoms with Crippen molar-refractivity contribution < 1.29 is 4.79 Å². The number of carbonyl (C=O) groups excluding carboxylic acids is 1. The van der Waals surface area contributed by atoms with Crippen LogP contribution in [0.1, 0.15) is 38.3 Å². The Hall–Kier alpha value is -1.01. The first kappa shape index (κ1) is 17.8. The van der Waals surface area contributed by atoms with E-state index in [2.05, 4.69) is 27.9 Å². The van der Waals surface area contributed by atoms with E-state index in [1.807, 2.05) is 17.9 Å². The number of likely N-dealkylation sites (tertiary alicyclic amines) is 2. The van der Waals surface area contributed by atoms with Gasteiger partial charge in [-0.1, -0.05) is 6.92 Å². The van der Waals surface area contributed by atoms with Crippen LogP contribution >= 0.6 is 11.8 Å². The fraction of sp³-hybridized carbons (Fsp3) is 0.778. The minimum atomic E-state index is 0.307. The minimum Gasteiger partial charge on any atom is -0.341 e. The second-order valence-corrected chi connectivity index (χ2v) is 8.59. The molecule has 0 N–H and O–H groups in total. The van der Waals surface area contributed by atoms with Gasteiger partial charge in [-0.15, -0.1) is 0 Å². The lowest BCUT2D eigenvalue weighted by Gasteiger charge is -2.48. The fourth-order valence-corrected chi connectivity index (χ4v) is 4.83. The number of thioether (sulfide) groups is 1. The highest BCUT2D eigenvalue weighted by atomic mass is 32.2. The summed E-state index contributed by atoms with van der Waals surface area (Å²) in [6.07, 6.45) is 6.80. The molecule has 5 nitrogen and oxygen atoms in total. The van der Waals surface area contributed by atoms with Crippen LogP contribution in [0.15, 0.2) is 12.3 Å². The highest BCUT2D eigenvalue weighted by Crippen LogP contribution is 2.39. The maximum Gasteiger partial charge on any atom is 0.232 e. The number of rotatable bonds is 5. The number of nitrogens with zero attached hydrogens (tertiary/aromatic N) is 4. The predicted octanol–water partition coefficient (Wildman–Crippen LogP) is 2.38. The highest BCUT2D eigenvalue weighted by Gasteiger charge is 2.40. The fourth-order valence-electron chi connectivity index (χ4n) is 4.27. The van der Waals surface area contributed by atoms with E-state index in [1.54, 1.807) is 11.8 Å². The molecule has 0 saturated carbocycles. The molecule has 6 heteroatoms. The third kappa shape index (κ3) is 4.14. The zero-order valence-corrected chi connectivity index (χ0v) is 15.9. The van der Waals surface area contributed by atoms with Gasteiger partial charge in [0.2, 0.25) is 5.91 Å². The average molecular weight is 351 g/mol. The van der Waals surface area contributed by atoms with Crippen LogP contribution in [-0.4, -0.2) is 63.2 Å². The molecular weight excluding hydrogens is 320 g/mol. The van der Waals surface area contributed by atoms with E-state index in [4.69, 9.17) is 0 Å². The zero-order chi connectivity index (χ0) is 17.0. The van der Waals surface area contributed by atoms with Crippen molar-refractivity contribution in [2.24, 2.45) is 12.5 Å². The molecule has 3 rings (SSSR count). The van der Waals surface area contributed by atoms with E-state index >= 15 is 0 Å². The molecule has 0 bridgehead atoms. The first-order valence-electron chi connectivity index (χ1n) is 9.17. The molecule has 1 atom stereocenters. The van der Waals surface area contributed by atoms with Gasteiger partial charge in [0, 0.05) is 44.8 Å². The summed E-state index contributed by atoms with van der Waals surface area (Å²) in [6.45, 7) is 7.27. The largest absolute Gasteiger partial charge is 0.341 e. The topological polar surface area (TPSA) is 41.4 Å². The maximum absolute atomic E-state index is 12.4. The third-order valence-electron chi connectivity index (χ3n) is 5.49. The lowest BCUT2D eigenvalue weighted by molar-refractivity contribution is -0.133. The molecule has 3 heterocycles. The Morgan fingerprint density at radius 1 is 1.29 bits per heavy atom. The van der Waals surface area contributed by atoms with Gasteiger partial charge in [0.15, 0.2) is 0 Å². The third-order valence-corrected chi connectivity index (χ3v) is 6.35. The van der Waals surface area contributed by atoms with Crippen LogP contribution in [0.4, 0.5) is 0 Å². The molecule has 0 radical (unpaired) electrons. The molecule has 0 aliphatic carbocycles. The van der Waals surface area contributed by atoms with Gasteiger partial charge in [0.05, 0.1) is 11.4 Å². The Morgan fingerprint density at radius 2 is 2.08 bits per heavy atom. The number of hydrogen-bond donors (Lipinski definition) is 0. The minimum absolute atomic E-state index is 0.307. The van der Waals surface area contributed by atoms with Crippen LogP contribution in [0.25, 0.3) is 0 Å².